The Morgan fingerprint density at radius 2 is 1.95 bits per heavy atom. The minimum absolute atomic E-state index is 0.0114. The molecule has 6 heteroatoms. The number of sulfone groups is 1. The summed E-state index contributed by atoms with van der Waals surface area (Å²) in [7, 11) is -3.45. The molecule has 0 aliphatic heterocycles. The third-order valence-corrected chi connectivity index (χ3v) is 4.12. The van der Waals surface area contributed by atoms with Gasteiger partial charge in [-0.1, -0.05) is 0 Å². The van der Waals surface area contributed by atoms with E-state index in [0.717, 1.165) is 6.26 Å². The van der Waals surface area contributed by atoms with Crippen LogP contribution in [-0.4, -0.2) is 30.3 Å². The van der Waals surface area contributed by atoms with E-state index in [1.165, 1.54) is 12.1 Å². The van der Waals surface area contributed by atoms with Crippen LogP contribution in [0.25, 0.3) is 10.9 Å². The van der Waals surface area contributed by atoms with E-state index in [4.69, 9.17) is 0 Å². The molecule has 102 valence electrons. The van der Waals surface area contributed by atoms with Gasteiger partial charge in [0.2, 0.25) is 0 Å². The summed E-state index contributed by atoms with van der Waals surface area (Å²) in [6, 6.07) is 4.56. The summed E-state index contributed by atoms with van der Waals surface area (Å²) in [6.45, 7) is 3.90. The summed E-state index contributed by atoms with van der Waals surface area (Å²) in [5.41, 5.74) is 0.632. The molecule has 0 amide bonds. The largest absolute Gasteiger partial charge is 0.478 e. The molecule has 0 aliphatic carbocycles. The minimum atomic E-state index is -3.45. The SMILES string of the molecule is CC(C)n1ccc2c(C(=O)O)cc(S(C)(=O)=O)cc21. The highest BCUT2D eigenvalue weighted by Gasteiger charge is 2.18. The lowest BCUT2D eigenvalue weighted by atomic mass is 10.1. The van der Waals surface area contributed by atoms with E-state index in [9.17, 15) is 18.3 Å². The van der Waals surface area contributed by atoms with Crippen molar-refractivity contribution in [2.75, 3.05) is 6.26 Å². The molecular formula is C13H15NO4S. The second-order valence-corrected chi connectivity index (χ2v) is 6.81. The predicted octanol–water partition coefficient (Wildman–Crippen LogP) is 2.32. The number of hydrogen-bond acceptors (Lipinski definition) is 3. The van der Waals surface area contributed by atoms with Crippen LogP contribution in [0, 0.1) is 0 Å². The number of fused-ring (bicyclic) bond motifs is 1. The molecule has 0 fully saturated rings. The van der Waals surface area contributed by atoms with Crippen molar-refractivity contribution in [1.29, 1.82) is 0 Å². The third-order valence-electron chi connectivity index (χ3n) is 3.03. The number of carbonyl (C=O) groups is 1. The Hall–Kier alpha value is -1.82. The van der Waals surface area contributed by atoms with Gasteiger partial charge in [0.1, 0.15) is 0 Å². The maximum absolute atomic E-state index is 11.7. The summed E-state index contributed by atoms with van der Waals surface area (Å²) in [5.74, 6) is -1.13. The molecule has 1 aromatic carbocycles. The maximum Gasteiger partial charge on any atom is 0.336 e. The predicted molar refractivity (Wildman–Crippen MR) is 72.4 cm³/mol. The second-order valence-electron chi connectivity index (χ2n) is 4.80. The Bertz CT molecular complexity index is 756. The molecule has 0 saturated heterocycles. The minimum Gasteiger partial charge on any atom is -0.478 e. The first kappa shape index (κ1) is 13.6. The van der Waals surface area contributed by atoms with Crippen LogP contribution in [0.3, 0.4) is 0 Å². The van der Waals surface area contributed by atoms with Gasteiger partial charge in [-0.25, -0.2) is 13.2 Å². The number of rotatable bonds is 3. The van der Waals surface area contributed by atoms with Crippen LogP contribution in [0.4, 0.5) is 0 Å². The van der Waals surface area contributed by atoms with Crippen LogP contribution in [-0.2, 0) is 9.84 Å². The van der Waals surface area contributed by atoms with Crippen molar-refractivity contribution in [2.24, 2.45) is 0 Å². The fourth-order valence-electron chi connectivity index (χ4n) is 2.08. The van der Waals surface area contributed by atoms with Crippen molar-refractivity contribution in [2.45, 2.75) is 24.8 Å². The molecule has 2 aromatic rings. The van der Waals surface area contributed by atoms with Crippen molar-refractivity contribution >= 4 is 26.7 Å². The topological polar surface area (TPSA) is 76.4 Å². The van der Waals surface area contributed by atoms with Gasteiger partial charge in [-0.15, -0.1) is 0 Å². The fourth-order valence-corrected chi connectivity index (χ4v) is 2.74. The molecule has 1 N–H and O–H groups in total. The summed E-state index contributed by atoms with van der Waals surface area (Å²) >= 11 is 0. The van der Waals surface area contributed by atoms with Crippen LogP contribution in [0.2, 0.25) is 0 Å². The zero-order chi connectivity index (χ0) is 14.4. The highest BCUT2D eigenvalue weighted by atomic mass is 32.2. The van der Waals surface area contributed by atoms with Crippen molar-refractivity contribution in [1.82, 2.24) is 4.57 Å². The quantitative estimate of drug-likeness (QED) is 0.936. The van der Waals surface area contributed by atoms with Crippen molar-refractivity contribution < 1.29 is 18.3 Å². The average Bonchev–Trinajstić information content (AvgIpc) is 2.69. The van der Waals surface area contributed by atoms with Crippen LogP contribution in [0.1, 0.15) is 30.2 Å². The molecule has 0 unspecified atom stereocenters. The first-order chi connectivity index (χ1) is 8.71. The van der Waals surface area contributed by atoms with Crippen LogP contribution >= 0.6 is 0 Å². The van der Waals surface area contributed by atoms with E-state index < -0.39 is 15.8 Å². The molecule has 0 bridgehead atoms. The monoisotopic (exact) mass is 281 g/mol. The Morgan fingerprint density at radius 1 is 1.32 bits per heavy atom. The average molecular weight is 281 g/mol. The zero-order valence-electron chi connectivity index (χ0n) is 10.9. The Labute approximate surface area is 111 Å². The van der Waals surface area contributed by atoms with Gasteiger partial charge in [0.15, 0.2) is 9.84 Å². The van der Waals surface area contributed by atoms with Gasteiger partial charge >= 0.3 is 5.97 Å². The summed E-state index contributed by atoms with van der Waals surface area (Å²) < 4.78 is 25.2. The van der Waals surface area contributed by atoms with Gasteiger partial charge in [-0.2, -0.15) is 0 Å². The highest BCUT2D eigenvalue weighted by molar-refractivity contribution is 7.90. The van der Waals surface area contributed by atoms with Gasteiger partial charge in [-0.05, 0) is 32.0 Å². The van der Waals surface area contributed by atoms with E-state index in [0.29, 0.717) is 10.9 Å². The van der Waals surface area contributed by atoms with Crippen LogP contribution < -0.4 is 0 Å². The van der Waals surface area contributed by atoms with E-state index in [1.807, 2.05) is 18.4 Å². The molecule has 1 heterocycles. The molecule has 1 aromatic heterocycles. The summed E-state index contributed by atoms with van der Waals surface area (Å²) in [6.07, 6.45) is 2.84. The molecule has 0 radical (unpaired) electrons. The number of hydrogen-bond donors (Lipinski definition) is 1. The van der Waals surface area contributed by atoms with E-state index >= 15 is 0 Å². The molecule has 0 spiro atoms. The van der Waals surface area contributed by atoms with E-state index in [2.05, 4.69) is 0 Å². The third kappa shape index (κ3) is 2.35. The van der Waals surface area contributed by atoms with Gasteiger partial charge in [0.05, 0.1) is 16.0 Å². The van der Waals surface area contributed by atoms with Crippen molar-refractivity contribution in [3.05, 3.63) is 30.0 Å². The summed E-state index contributed by atoms with van der Waals surface area (Å²) in [4.78, 5) is 11.3. The molecule has 0 saturated carbocycles. The lowest BCUT2D eigenvalue weighted by molar-refractivity contribution is 0.0699. The molecular weight excluding hydrogens is 266 g/mol. The van der Waals surface area contributed by atoms with E-state index in [1.54, 1.807) is 12.3 Å². The van der Waals surface area contributed by atoms with Gasteiger partial charge in [0.25, 0.3) is 0 Å². The summed E-state index contributed by atoms with van der Waals surface area (Å²) in [5, 5.41) is 9.77. The Kier molecular flexibility index (Phi) is 3.14. The lowest BCUT2D eigenvalue weighted by Gasteiger charge is -2.11. The standard InChI is InChI=1S/C13H15NO4S/c1-8(2)14-5-4-10-11(13(15)16)6-9(7-12(10)14)19(3,17)18/h4-8H,1-3H3,(H,15,16). The first-order valence-corrected chi connectivity index (χ1v) is 7.69. The first-order valence-electron chi connectivity index (χ1n) is 5.79. The molecule has 2 rings (SSSR count). The number of nitrogens with zero attached hydrogens (tertiary/aromatic N) is 1. The Morgan fingerprint density at radius 3 is 2.42 bits per heavy atom. The number of benzene rings is 1. The normalized spacial score (nSPS) is 12.2. The van der Waals surface area contributed by atoms with Gasteiger partial charge < -0.3 is 9.67 Å². The van der Waals surface area contributed by atoms with Gasteiger partial charge in [-0.3, -0.25) is 0 Å². The molecule has 5 nitrogen and oxygen atoms in total. The Balaban J connectivity index is 2.91. The number of carboxylic acids is 1. The van der Waals surface area contributed by atoms with Crippen molar-refractivity contribution in [3.63, 3.8) is 0 Å². The second kappa shape index (κ2) is 4.38. The smallest absolute Gasteiger partial charge is 0.336 e. The number of aromatic nitrogens is 1. The van der Waals surface area contributed by atoms with Gasteiger partial charge in [0, 0.05) is 23.9 Å². The molecule has 19 heavy (non-hydrogen) atoms. The van der Waals surface area contributed by atoms with Crippen LogP contribution in [0.15, 0.2) is 29.3 Å². The molecule has 0 atom stereocenters. The van der Waals surface area contributed by atoms with Crippen LogP contribution in [0.5, 0.6) is 0 Å². The highest BCUT2D eigenvalue weighted by Crippen LogP contribution is 2.27. The number of aromatic carboxylic acids is 1. The maximum atomic E-state index is 11.7. The molecule has 0 aliphatic rings. The number of carboxylic acid groups (broad SMARTS) is 1. The zero-order valence-corrected chi connectivity index (χ0v) is 11.7. The fraction of sp³-hybridized carbons (Fsp3) is 0.308. The van der Waals surface area contributed by atoms with Crippen molar-refractivity contribution in [3.8, 4) is 0 Å². The van der Waals surface area contributed by atoms with E-state index in [-0.39, 0.29) is 16.5 Å². The lowest BCUT2D eigenvalue weighted by Crippen LogP contribution is -2.05.